The van der Waals surface area contributed by atoms with Crippen LogP contribution in [0.1, 0.15) is 6.42 Å². The first kappa shape index (κ1) is 11.6. The molecule has 0 amide bonds. The molecular weight excluding hydrogens is 158 g/mol. The summed E-state index contributed by atoms with van der Waals surface area (Å²) in [7, 11) is 0. The normalized spacial score (nSPS) is 10.1. The predicted octanol–water partition coefficient (Wildman–Crippen LogP) is 0.103. The summed E-state index contributed by atoms with van der Waals surface area (Å²) in [6.45, 7) is 6.38. The van der Waals surface area contributed by atoms with Gasteiger partial charge in [-0.05, 0) is 13.1 Å². The molecule has 1 N–H and O–H groups in total. The Labute approximate surface area is 73.2 Å². The van der Waals surface area contributed by atoms with Gasteiger partial charge >= 0.3 is 0 Å². The Balaban J connectivity index is 2.77. The molecule has 0 saturated heterocycles. The Morgan fingerprint density at radius 1 is 1.08 bits per heavy atom. The van der Waals surface area contributed by atoms with Crippen LogP contribution < -0.4 is 0 Å². The van der Waals surface area contributed by atoms with Crippen molar-refractivity contribution in [1.29, 1.82) is 0 Å². The van der Waals surface area contributed by atoms with E-state index in [1.54, 1.807) is 0 Å². The molecule has 12 heavy (non-hydrogen) atoms. The predicted molar refractivity (Wildman–Crippen MR) is 47.8 cm³/mol. The van der Waals surface area contributed by atoms with Crippen LogP contribution in [0.15, 0.2) is 4.99 Å². The van der Waals surface area contributed by atoms with Crippen LogP contribution in [0, 0.1) is 0 Å². The van der Waals surface area contributed by atoms with Crippen LogP contribution in [0.5, 0.6) is 0 Å². The van der Waals surface area contributed by atoms with Gasteiger partial charge in [-0.15, -0.1) is 0 Å². The summed E-state index contributed by atoms with van der Waals surface area (Å²) >= 11 is 0. The van der Waals surface area contributed by atoms with Gasteiger partial charge in [0.15, 0.2) is 0 Å². The third-order valence-corrected chi connectivity index (χ3v) is 1.21. The lowest BCUT2D eigenvalue weighted by Gasteiger charge is -2.03. The van der Waals surface area contributed by atoms with E-state index in [1.807, 2.05) is 0 Å². The Morgan fingerprint density at radius 2 is 1.75 bits per heavy atom. The van der Waals surface area contributed by atoms with Gasteiger partial charge in [-0.1, -0.05) is 0 Å². The summed E-state index contributed by atoms with van der Waals surface area (Å²) in [4.78, 5) is 3.69. The molecule has 0 aliphatic carbocycles. The van der Waals surface area contributed by atoms with Crippen LogP contribution >= 0.6 is 0 Å². The lowest BCUT2D eigenvalue weighted by molar-refractivity contribution is 0.0330. The maximum atomic E-state index is 8.35. The Hall–Kier alpha value is -0.450. The van der Waals surface area contributed by atoms with Gasteiger partial charge in [-0.3, -0.25) is 0 Å². The van der Waals surface area contributed by atoms with Gasteiger partial charge in [-0.25, -0.2) is 0 Å². The third-order valence-electron chi connectivity index (χ3n) is 1.21. The van der Waals surface area contributed by atoms with Crippen molar-refractivity contribution in [2.24, 2.45) is 4.99 Å². The van der Waals surface area contributed by atoms with Gasteiger partial charge in [0.05, 0.1) is 26.4 Å². The van der Waals surface area contributed by atoms with E-state index in [-0.39, 0.29) is 6.61 Å². The average Bonchev–Trinajstić information content (AvgIpc) is 2.10. The Morgan fingerprint density at radius 3 is 2.33 bits per heavy atom. The van der Waals surface area contributed by atoms with E-state index in [4.69, 9.17) is 14.6 Å². The fourth-order valence-corrected chi connectivity index (χ4v) is 0.665. The van der Waals surface area contributed by atoms with Crippen molar-refractivity contribution in [3.63, 3.8) is 0 Å². The monoisotopic (exact) mass is 175 g/mol. The quantitative estimate of drug-likeness (QED) is 0.399. The first-order valence-electron chi connectivity index (χ1n) is 4.10. The maximum absolute atomic E-state index is 8.35. The van der Waals surface area contributed by atoms with Crippen molar-refractivity contribution in [1.82, 2.24) is 0 Å². The lowest BCUT2D eigenvalue weighted by atomic mass is 10.5. The Bertz CT molecular complexity index is 98.3. The second-order valence-electron chi connectivity index (χ2n) is 2.25. The molecule has 4 nitrogen and oxygen atoms in total. The fourth-order valence-electron chi connectivity index (χ4n) is 0.665. The standard InChI is InChI=1S/C8H17NO3/c1-9-3-2-5-11-7-8-12-6-4-10/h10H,1-8H2. The number of aliphatic hydroxyl groups is 1. The van der Waals surface area contributed by atoms with Gasteiger partial charge in [0, 0.05) is 13.2 Å². The first-order chi connectivity index (χ1) is 5.91. The zero-order chi connectivity index (χ0) is 9.07. The minimum atomic E-state index is 0.0698. The number of hydrogen-bond acceptors (Lipinski definition) is 4. The molecule has 0 aliphatic rings. The van der Waals surface area contributed by atoms with Crippen molar-refractivity contribution < 1.29 is 14.6 Å². The van der Waals surface area contributed by atoms with E-state index in [9.17, 15) is 0 Å². The number of aliphatic hydroxyl groups excluding tert-OH is 1. The van der Waals surface area contributed by atoms with Crippen LogP contribution in [-0.4, -0.2) is 51.4 Å². The highest BCUT2D eigenvalue weighted by atomic mass is 16.5. The molecule has 0 aromatic carbocycles. The molecule has 0 bridgehead atoms. The minimum absolute atomic E-state index is 0.0698. The number of nitrogens with zero attached hydrogens (tertiary/aromatic N) is 1. The molecule has 0 aliphatic heterocycles. The SMILES string of the molecule is C=NCCCOCCOCCO. The minimum Gasteiger partial charge on any atom is -0.394 e. The summed E-state index contributed by atoms with van der Waals surface area (Å²) in [5.74, 6) is 0. The first-order valence-corrected chi connectivity index (χ1v) is 4.10. The largest absolute Gasteiger partial charge is 0.394 e. The molecule has 0 rings (SSSR count). The zero-order valence-electron chi connectivity index (χ0n) is 7.37. The van der Waals surface area contributed by atoms with E-state index >= 15 is 0 Å². The van der Waals surface area contributed by atoms with E-state index in [1.165, 1.54) is 0 Å². The molecular formula is C8H17NO3. The van der Waals surface area contributed by atoms with E-state index in [2.05, 4.69) is 11.7 Å². The van der Waals surface area contributed by atoms with E-state index in [0.29, 0.717) is 26.4 Å². The second kappa shape index (κ2) is 10.6. The molecule has 0 atom stereocenters. The smallest absolute Gasteiger partial charge is 0.0701 e. The molecule has 4 heteroatoms. The summed E-state index contributed by atoms with van der Waals surface area (Å²) in [5.41, 5.74) is 0. The maximum Gasteiger partial charge on any atom is 0.0701 e. The summed E-state index contributed by atoms with van der Waals surface area (Å²) < 4.78 is 10.2. The second-order valence-corrected chi connectivity index (χ2v) is 2.25. The molecule has 0 aromatic heterocycles. The molecule has 0 radical (unpaired) electrons. The van der Waals surface area contributed by atoms with Crippen LogP contribution in [0.4, 0.5) is 0 Å². The van der Waals surface area contributed by atoms with Crippen molar-refractivity contribution in [2.45, 2.75) is 6.42 Å². The van der Waals surface area contributed by atoms with Crippen molar-refractivity contribution in [3.8, 4) is 0 Å². The highest BCUT2D eigenvalue weighted by Gasteiger charge is 1.88. The third kappa shape index (κ3) is 9.55. The van der Waals surface area contributed by atoms with Crippen LogP contribution in [0.3, 0.4) is 0 Å². The van der Waals surface area contributed by atoms with Crippen LogP contribution in [0.2, 0.25) is 0 Å². The summed E-state index contributed by atoms with van der Waals surface area (Å²) in [6.07, 6.45) is 0.906. The zero-order valence-corrected chi connectivity index (χ0v) is 7.37. The van der Waals surface area contributed by atoms with E-state index < -0.39 is 0 Å². The fraction of sp³-hybridized carbons (Fsp3) is 0.875. The van der Waals surface area contributed by atoms with Crippen molar-refractivity contribution in [2.75, 3.05) is 39.6 Å². The number of aliphatic imine (C=N–C) groups is 1. The summed E-state index contributed by atoms with van der Waals surface area (Å²) in [5, 5.41) is 8.35. The van der Waals surface area contributed by atoms with Gasteiger partial charge < -0.3 is 19.6 Å². The lowest BCUT2D eigenvalue weighted by Crippen LogP contribution is -2.08. The van der Waals surface area contributed by atoms with Crippen molar-refractivity contribution in [3.05, 3.63) is 0 Å². The Kier molecular flexibility index (Phi) is 10.2. The van der Waals surface area contributed by atoms with E-state index in [0.717, 1.165) is 13.0 Å². The molecule has 0 aromatic rings. The number of ether oxygens (including phenoxy) is 2. The van der Waals surface area contributed by atoms with Gasteiger partial charge in [-0.2, -0.15) is 0 Å². The number of rotatable bonds is 9. The average molecular weight is 175 g/mol. The van der Waals surface area contributed by atoms with Crippen molar-refractivity contribution >= 4 is 6.72 Å². The van der Waals surface area contributed by atoms with Gasteiger partial charge in [0.25, 0.3) is 0 Å². The molecule has 0 unspecified atom stereocenters. The topological polar surface area (TPSA) is 51.0 Å². The van der Waals surface area contributed by atoms with Crippen LogP contribution in [0.25, 0.3) is 0 Å². The van der Waals surface area contributed by atoms with Gasteiger partial charge in [0.1, 0.15) is 0 Å². The summed E-state index contributed by atoms with van der Waals surface area (Å²) in [6, 6.07) is 0. The molecule has 0 spiro atoms. The highest BCUT2D eigenvalue weighted by Crippen LogP contribution is 1.83. The molecule has 0 fully saturated rings. The molecule has 0 heterocycles. The highest BCUT2D eigenvalue weighted by molar-refractivity contribution is 5.22. The van der Waals surface area contributed by atoms with Crippen LogP contribution in [-0.2, 0) is 9.47 Å². The molecule has 0 saturated carbocycles. The molecule has 72 valence electrons. The van der Waals surface area contributed by atoms with Gasteiger partial charge in [0.2, 0.25) is 0 Å². The number of hydrogen-bond donors (Lipinski definition) is 1.